The molecule has 1 fully saturated rings. The lowest BCUT2D eigenvalue weighted by atomic mass is 9.72. The molecule has 146 valence electrons. The van der Waals surface area contributed by atoms with Crippen LogP contribution in [0.5, 0.6) is 0 Å². The summed E-state index contributed by atoms with van der Waals surface area (Å²) in [7, 11) is 0. The summed E-state index contributed by atoms with van der Waals surface area (Å²) >= 11 is 0. The molecule has 0 aromatic carbocycles. The van der Waals surface area contributed by atoms with E-state index in [0.717, 1.165) is 12.8 Å². The van der Waals surface area contributed by atoms with Gasteiger partial charge in [-0.3, -0.25) is 0 Å². The monoisotopic (exact) mass is 356 g/mol. The largest absolute Gasteiger partial charge is 0.390 e. The van der Waals surface area contributed by atoms with E-state index < -0.39 is 28.0 Å². The van der Waals surface area contributed by atoms with Gasteiger partial charge in [-0.25, -0.2) is 0 Å². The van der Waals surface area contributed by atoms with E-state index in [4.69, 9.17) is 4.74 Å². The van der Waals surface area contributed by atoms with Crippen molar-refractivity contribution in [3.63, 3.8) is 0 Å². The van der Waals surface area contributed by atoms with Crippen molar-refractivity contribution in [2.45, 2.75) is 101 Å². The SMILES string of the molecule is CC1(O)C=CC(O)(C(C)(C)OCC2(O)CCC(C(C)(C)O)CC2)CC1. The lowest BCUT2D eigenvalue weighted by Gasteiger charge is -2.47. The zero-order chi connectivity index (χ0) is 19.1. The van der Waals surface area contributed by atoms with Gasteiger partial charge in [0.05, 0.1) is 29.0 Å². The van der Waals surface area contributed by atoms with E-state index in [1.165, 1.54) is 0 Å². The molecule has 0 radical (unpaired) electrons. The van der Waals surface area contributed by atoms with Gasteiger partial charge in [-0.15, -0.1) is 0 Å². The van der Waals surface area contributed by atoms with Crippen LogP contribution in [0.3, 0.4) is 0 Å². The standard InChI is InChI=1S/C20H36O5/c1-16(2,21)15-6-8-19(23,9-7-15)14-25-17(3,4)20(24)12-10-18(5,22)11-13-20/h10,12,15,21-24H,6-9,11,13-14H2,1-5H3. The van der Waals surface area contributed by atoms with Crippen molar-refractivity contribution in [2.24, 2.45) is 5.92 Å². The molecule has 5 nitrogen and oxygen atoms in total. The smallest absolute Gasteiger partial charge is 0.111 e. The maximum atomic E-state index is 11.0. The summed E-state index contributed by atoms with van der Waals surface area (Å²) in [6, 6.07) is 0. The Morgan fingerprint density at radius 1 is 0.960 bits per heavy atom. The van der Waals surface area contributed by atoms with E-state index in [9.17, 15) is 20.4 Å². The molecule has 0 aromatic rings. The highest BCUT2D eigenvalue weighted by atomic mass is 16.5. The first kappa shape index (κ1) is 20.8. The third-order valence-electron chi connectivity index (χ3n) is 6.39. The molecule has 2 unspecified atom stereocenters. The molecular formula is C20H36O5. The summed E-state index contributed by atoms with van der Waals surface area (Å²) in [5.41, 5.74) is -4.57. The van der Waals surface area contributed by atoms with E-state index in [-0.39, 0.29) is 12.5 Å². The molecule has 0 heterocycles. The Bertz CT molecular complexity index is 495. The molecule has 4 N–H and O–H groups in total. The van der Waals surface area contributed by atoms with Gasteiger partial charge in [-0.2, -0.15) is 0 Å². The Morgan fingerprint density at radius 2 is 1.52 bits per heavy atom. The first-order valence-electron chi connectivity index (χ1n) is 9.42. The Labute approximate surface area is 151 Å². The molecule has 5 heteroatoms. The summed E-state index contributed by atoms with van der Waals surface area (Å²) in [5, 5.41) is 42.0. The third-order valence-corrected chi connectivity index (χ3v) is 6.39. The van der Waals surface area contributed by atoms with Crippen molar-refractivity contribution < 1.29 is 25.2 Å². The molecule has 0 aromatic heterocycles. The molecule has 0 aliphatic heterocycles. The average Bonchev–Trinajstić information content (AvgIpc) is 2.48. The minimum Gasteiger partial charge on any atom is -0.390 e. The van der Waals surface area contributed by atoms with Gasteiger partial charge in [-0.05, 0) is 79.1 Å². The fourth-order valence-corrected chi connectivity index (χ4v) is 3.88. The van der Waals surface area contributed by atoms with E-state index >= 15 is 0 Å². The zero-order valence-electron chi connectivity index (χ0n) is 16.4. The van der Waals surface area contributed by atoms with Crippen molar-refractivity contribution in [1.82, 2.24) is 0 Å². The maximum absolute atomic E-state index is 11.0. The van der Waals surface area contributed by atoms with Crippen LogP contribution in [0.4, 0.5) is 0 Å². The van der Waals surface area contributed by atoms with Gasteiger partial charge in [-0.1, -0.05) is 12.2 Å². The van der Waals surface area contributed by atoms with Crippen LogP contribution < -0.4 is 0 Å². The van der Waals surface area contributed by atoms with Crippen molar-refractivity contribution >= 4 is 0 Å². The third kappa shape index (κ3) is 4.83. The fourth-order valence-electron chi connectivity index (χ4n) is 3.88. The van der Waals surface area contributed by atoms with Crippen LogP contribution in [0.25, 0.3) is 0 Å². The zero-order valence-corrected chi connectivity index (χ0v) is 16.4. The number of ether oxygens (including phenoxy) is 1. The second-order valence-corrected chi connectivity index (χ2v) is 9.57. The van der Waals surface area contributed by atoms with Crippen LogP contribution in [0.2, 0.25) is 0 Å². The lowest BCUT2D eigenvalue weighted by Crippen LogP contribution is -2.55. The lowest BCUT2D eigenvalue weighted by molar-refractivity contribution is -0.190. The first-order chi connectivity index (χ1) is 11.2. The maximum Gasteiger partial charge on any atom is 0.111 e. The van der Waals surface area contributed by atoms with Gasteiger partial charge >= 0.3 is 0 Å². The molecule has 0 bridgehead atoms. The van der Waals surface area contributed by atoms with Crippen LogP contribution >= 0.6 is 0 Å². The number of hydrogen-bond donors (Lipinski definition) is 4. The van der Waals surface area contributed by atoms with Crippen molar-refractivity contribution in [3.8, 4) is 0 Å². The van der Waals surface area contributed by atoms with Gasteiger partial charge in [0.15, 0.2) is 0 Å². The van der Waals surface area contributed by atoms with Gasteiger partial charge < -0.3 is 25.2 Å². The Balaban J connectivity index is 1.96. The quantitative estimate of drug-likeness (QED) is 0.568. The normalized spacial score (nSPS) is 40.3. The number of aliphatic hydroxyl groups is 4. The van der Waals surface area contributed by atoms with Gasteiger partial charge in [0.2, 0.25) is 0 Å². The summed E-state index contributed by atoms with van der Waals surface area (Å²) in [5.74, 6) is 0.188. The first-order valence-corrected chi connectivity index (χ1v) is 9.42. The molecule has 2 rings (SSSR count). The van der Waals surface area contributed by atoms with E-state index in [2.05, 4.69) is 0 Å². The number of rotatable bonds is 5. The van der Waals surface area contributed by atoms with E-state index in [1.807, 2.05) is 27.7 Å². The van der Waals surface area contributed by atoms with Gasteiger partial charge in [0.1, 0.15) is 5.60 Å². The molecule has 2 atom stereocenters. The van der Waals surface area contributed by atoms with Crippen molar-refractivity contribution in [1.29, 1.82) is 0 Å². The summed E-state index contributed by atoms with van der Waals surface area (Å²) < 4.78 is 6.01. The van der Waals surface area contributed by atoms with Gasteiger partial charge in [0, 0.05) is 0 Å². The van der Waals surface area contributed by atoms with Crippen LogP contribution in [0, 0.1) is 5.92 Å². The highest BCUT2D eigenvalue weighted by Crippen LogP contribution is 2.41. The Kier molecular flexibility index (Phi) is 5.51. The van der Waals surface area contributed by atoms with E-state index in [1.54, 1.807) is 19.1 Å². The summed E-state index contributed by atoms with van der Waals surface area (Å²) in [4.78, 5) is 0. The van der Waals surface area contributed by atoms with Crippen LogP contribution in [0.15, 0.2) is 12.2 Å². The summed E-state index contributed by atoms with van der Waals surface area (Å²) in [6.45, 7) is 9.17. The van der Waals surface area contributed by atoms with Crippen LogP contribution in [0.1, 0.15) is 73.1 Å². The molecular weight excluding hydrogens is 320 g/mol. The topological polar surface area (TPSA) is 90.2 Å². The van der Waals surface area contributed by atoms with Crippen LogP contribution in [-0.2, 0) is 4.74 Å². The van der Waals surface area contributed by atoms with E-state index in [0.29, 0.717) is 25.7 Å². The molecule has 1 saturated carbocycles. The number of hydrogen-bond acceptors (Lipinski definition) is 5. The molecule has 0 amide bonds. The molecule has 2 aliphatic carbocycles. The average molecular weight is 357 g/mol. The Hall–Kier alpha value is -0.460. The van der Waals surface area contributed by atoms with Crippen molar-refractivity contribution in [3.05, 3.63) is 12.2 Å². The highest BCUT2D eigenvalue weighted by Gasteiger charge is 2.47. The highest BCUT2D eigenvalue weighted by molar-refractivity contribution is 5.18. The van der Waals surface area contributed by atoms with Gasteiger partial charge in [0.25, 0.3) is 0 Å². The predicted octanol–water partition coefficient (Wildman–Crippen LogP) is 2.31. The second-order valence-electron chi connectivity index (χ2n) is 9.57. The predicted molar refractivity (Wildman–Crippen MR) is 97.2 cm³/mol. The summed E-state index contributed by atoms with van der Waals surface area (Å²) in [6.07, 6.45) is 6.82. The van der Waals surface area contributed by atoms with Crippen molar-refractivity contribution in [2.75, 3.05) is 6.61 Å². The minimum atomic E-state index is -1.17. The molecule has 25 heavy (non-hydrogen) atoms. The fraction of sp³-hybridized carbons (Fsp3) is 0.900. The molecule has 0 saturated heterocycles. The second kappa shape index (κ2) is 6.61. The molecule has 0 spiro atoms. The molecule has 2 aliphatic rings. The van der Waals surface area contributed by atoms with Crippen LogP contribution in [-0.4, -0.2) is 55.0 Å². The minimum absolute atomic E-state index is 0.158. The Morgan fingerprint density at radius 3 is 1.96 bits per heavy atom.